The standard InChI is InChI=1S/C20H18N4O/c1-3-14-7-6-9-16-15(11-21-19(14)16)12-22-24-13(2)23-18-10-5-4-8-17(18)20(24)25/h4-12,21H,3H2,1-2H3. The largest absolute Gasteiger partial charge is 0.360 e. The fourth-order valence-corrected chi connectivity index (χ4v) is 3.13. The normalized spacial score (nSPS) is 11.8. The molecule has 2 aromatic carbocycles. The Morgan fingerprint density at radius 1 is 1.16 bits per heavy atom. The number of rotatable bonds is 3. The van der Waals surface area contributed by atoms with Crippen molar-refractivity contribution in [3.8, 4) is 0 Å². The van der Waals surface area contributed by atoms with E-state index < -0.39 is 0 Å². The van der Waals surface area contributed by atoms with Crippen LogP contribution in [0.5, 0.6) is 0 Å². The van der Waals surface area contributed by atoms with Crippen molar-refractivity contribution in [3.63, 3.8) is 0 Å². The smallest absolute Gasteiger partial charge is 0.282 e. The summed E-state index contributed by atoms with van der Waals surface area (Å²) < 4.78 is 1.35. The van der Waals surface area contributed by atoms with Crippen molar-refractivity contribution in [2.24, 2.45) is 5.10 Å². The number of nitrogens with one attached hydrogen (secondary N) is 1. The lowest BCUT2D eigenvalue weighted by molar-refractivity contribution is 0.771. The summed E-state index contributed by atoms with van der Waals surface area (Å²) in [4.78, 5) is 20.5. The Morgan fingerprint density at radius 3 is 2.80 bits per heavy atom. The zero-order valence-electron chi connectivity index (χ0n) is 14.2. The molecule has 0 radical (unpaired) electrons. The molecule has 0 fully saturated rings. The number of hydrogen-bond donors (Lipinski definition) is 1. The maximum Gasteiger partial charge on any atom is 0.282 e. The zero-order chi connectivity index (χ0) is 17.4. The van der Waals surface area contributed by atoms with E-state index in [9.17, 15) is 4.79 Å². The van der Waals surface area contributed by atoms with Crippen molar-refractivity contribution in [1.29, 1.82) is 0 Å². The zero-order valence-corrected chi connectivity index (χ0v) is 14.2. The topological polar surface area (TPSA) is 63.0 Å². The summed E-state index contributed by atoms with van der Waals surface area (Å²) in [6, 6.07) is 13.5. The Morgan fingerprint density at radius 2 is 1.96 bits per heavy atom. The van der Waals surface area contributed by atoms with Gasteiger partial charge in [0.2, 0.25) is 0 Å². The summed E-state index contributed by atoms with van der Waals surface area (Å²) in [6.07, 6.45) is 4.59. The number of nitrogens with zero attached hydrogens (tertiary/aromatic N) is 3. The molecule has 0 aliphatic carbocycles. The predicted molar refractivity (Wildman–Crippen MR) is 101 cm³/mol. The summed E-state index contributed by atoms with van der Waals surface area (Å²) in [6.45, 7) is 3.92. The van der Waals surface area contributed by atoms with E-state index >= 15 is 0 Å². The molecule has 0 aliphatic rings. The summed E-state index contributed by atoms with van der Waals surface area (Å²) in [5, 5.41) is 6.07. The van der Waals surface area contributed by atoms with Gasteiger partial charge in [-0.1, -0.05) is 37.3 Å². The van der Waals surface area contributed by atoms with E-state index in [1.54, 1.807) is 19.2 Å². The molecule has 0 unspecified atom stereocenters. The molecule has 0 bridgehead atoms. The van der Waals surface area contributed by atoms with Gasteiger partial charge in [-0.15, -0.1) is 0 Å². The Balaban J connectivity index is 1.83. The second kappa shape index (κ2) is 6.02. The summed E-state index contributed by atoms with van der Waals surface area (Å²) in [5.74, 6) is 0.564. The first kappa shape index (κ1) is 15.3. The van der Waals surface area contributed by atoms with E-state index in [4.69, 9.17) is 0 Å². The summed E-state index contributed by atoms with van der Waals surface area (Å²) in [7, 11) is 0. The molecule has 5 heteroatoms. The molecular formula is C20H18N4O. The van der Waals surface area contributed by atoms with Gasteiger partial charge in [-0.3, -0.25) is 4.79 Å². The highest BCUT2D eigenvalue weighted by Crippen LogP contribution is 2.21. The minimum Gasteiger partial charge on any atom is -0.360 e. The van der Waals surface area contributed by atoms with E-state index in [-0.39, 0.29) is 5.56 Å². The first-order valence-electron chi connectivity index (χ1n) is 8.30. The Bertz CT molecular complexity index is 1170. The van der Waals surface area contributed by atoms with Crippen molar-refractivity contribution in [2.75, 3.05) is 0 Å². The number of benzene rings is 2. The van der Waals surface area contributed by atoms with Gasteiger partial charge in [0.25, 0.3) is 5.56 Å². The van der Waals surface area contributed by atoms with Crippen LogP contribution in [0.4, 0.5) is 0 Å². The van der Waals surface area contributed by atoms with Gasteiger partial charge in [-0.25, -0.2) is 4.98 Å². The summed E-state index contributed by atoms with van der Waals surface area (Å²) in [5.41, 5.74) is 3.86. The van der Waals surface area contributed by atoms with Crippen LogP contribution in [0.2, 0.25) is 0 Å². The van der Waals surface area contributed by atoms with Crippen LogP contribution in [0.25, 0.3) is 21.8 Å². The van der Waals surface area contributed by atoms with Crippen LogP contribution < -0.4 is 5.56 Å². The van der Waals surface area contributed by atoms with Gasteiger partial charge < -0.3 is 4.98 Å². The Labute approximate surface area is 144 Å². The Kier molecular flexibility index (Phi) is 3.69. The van der Waals surface area contributed by atoms with Crippen molar-refractivity contribution < 1.29 is 0 Å². The van der Waals surface area contributed by atoms with E-state index in [0.717, 1.165) is 22.9 Å². The van der Waals surface area contributed by atoms with Crippen molar-refractivity contribution >= 4 is 28.0 Å². The molecule has 4 aromatic rings. The second-order valence-corrected chi connectivity index (χ2v) is 5.97. The third kappa shape index (κ3) is 2.54. The SMILES string of the molecule is CCc1cccc2c(C=Nn3c(C)nc4ccccc4c3=O)c[nH]c12. The lowest BCUT2D eigenvalue weighted by Crippen LogP contribution is -2.20. The highest BCUT2D eigenvalue weighted by Gasteiger charge is 2.08. The van der Waals surface area contributed by atoms with Crippen LogP contribution >= 0.6 is 0 Å². The minimum absolute atomic E-state index is 0.159. The Hall–Kier alpha value is -3.21. The van der Waals surface area contributed by atoms with Gasteiger partial charge in [0.15, 0.2) is 0 Å². The van der Waals surface area contributed by atoms with Gasteiger partial charge in [-0.2, -0.15) is 9.78 Å². The van der Waals surface area contributed by atoms with Crippen LogP contribution in [0.3, 0.4) is 0 Å². The molecule has 25 heavy (non-hydrogen) atoms. The predicted octanol–water partition coefficient (Wildman–Crippen LogP) is 3.63. The van der Waals surface area contributed by atoms with Crippen LogP contribution in [-0.4, -0.2) is 20.9 Å². The van der Waals surface area contributed by atoms with Gasteiger partial charge >= 0.3 is 0 Å². The average Bonchev–Trinajstić information content (AvgIpc) is 3.05. The molecule has 1 N–H and O–H groups in total. The molecule has 0 aliphatic heterocycles. The molecular weight excluding hydrogens is 312 g/mol. The average molecular weight is 330 g/mol. The monoisotopic (exact) mass is 330 g/mol. The molecule has 0 spiro atoms. The molecule has 0 amide bonds. The third-order valence-electron chi connectivity index (χ3n) is 4.44. The molecule has 0 saturated heterocycles. The van der Waals surface area contributed by atoms with Crippen LogP contribution in [0.15, 0.2) is 58.6 Å². The van der Waals surface area contributed by atoms with Gasteiger partial charge in [0.1, 0.15) is 5.82 Å². The third-order valence-corrected chi connectivity index (χ3v) is 4.44. The number of para-hydroxylation sites is 2. The fraction of sp³-hybridized carbons (Fsp3) is 0.150. The minimum atomic E-state index is -0.159. The number of aromatic nitrogens is 3. The highest BCUT2D eigenvalue weighted by molar-refractivity contribution is 6.00. The van der Waals surface area contributed by atoms with Crippen molar-refractivity contribution in [2.45, 2.75) is 20.3 Å². The maximum absolute atomic E-state index is 12.7. The molecule has 0 saturated carbocycles. The number of hydrogen-bond acceptors (Lipinski definition) is 3. The molecule has 124 valence electrons. The van der Waals surface area contributed by atoms with Crippen molar-refractivity contribution in [3.05, 3.63) is 76.0 Å². The summed E-state index contributed by atoms with van der Waals surface area (Å²) >= 11 is 0. The molecule has 2 heterocycles. The highest BCUT2D eigenvalue weighted by atomic mass is 16.1. The van der Waals surface area contributed by atoms with Crippen molar-refractivity contribution in [1.82, 2.24) is 14.6 Å². The number of aromatic amines is 1. The lowest BCUT2D eigenvalue weighted by atomic mass is 10.1. The van der Waals surface area contributed by atoms with Gasteiger partial charge in [-0.05, 0) is 31.0 Å². The van der Waals surface area contributed by atoms with E-state index in [1.165, 1.54) is 10.2 Å². The van der Waals surface area contributed by atoms with Crippen LogP contribution in [-0.2, 0) is 6.42 Å². The first-order chi connectivity index (χ1) is 12.2. The fourth-order valence-electron chi connectivity index (χ4n) is 3.13. The lowest BCUT2D eigenvalue weighted by Gasteiger charge is -2.05. The maximum atomic E-state index is 12.7. The van der Waals surface area contributed by atoms with Crippen LogP contribution in [0.1, 0.15) is 23.9 Å². The molecule has 0 atom stereocenters. The van der Waals surface area contributed by atoms with E-state index in [2.05, 4.69) is 34.1 Å². The van der Waals surface area contributed by atoms with Crippen LogP contribution in [0, 0.1) is 6.92 Å². The van der Waals surface area contributed by atoms with E-state index in [1.807, 2.05) is 30.5 Å². The number of aryl methyl sites for hydroxylation is 2. The van der Waals surface area contributed by atoms with Gasteiger partial charge in [0, 0.05) is 22.7 Å². The number of fused-ring (bicyclic) bond motifs is 2. The van der Waals surface area contributed by atoms with Gasteiger partial charge in [0.05, 0.1) is 17.1 Å². The molecule has 4 rings (SSSR count). The molecule has 5 nitrogen and oxygen atoms in total. The number of H-pyrrole nitrogens is 1. The molecule has 2 aromatic heterocycles. The van der Waals surface area contributed by atoms with E-state index in [0.29, 0.717) is 16.7 Å². The quantitative estimate of drug-likeness (QED) is 0.583. The first-order valence-corrected chi connectivity index (χ1v) is 8.30. The second-order valence-electron chi connectivity index (χ2n) is 5.97.